The van der Waals surface area contributed by atoms with E-state index in [1.165, 1.54) is 5.57 Å². The van der Waals surface area contributed by atoms with Crippen LogP contribution in [0.15, 0.2) is 36.5 Å². The number of hydrogen-bond acceptors (Lipinski definition) is 0. The fourth-order valence-electron chi connectivity index (χ4n) is 0.927. The summed E-state index contributed by atoms with van der Waals surface area (Å²) in [6.45, 7) is 20.5. The Balaban J connectivity index is -0.000000376. The van der Waals surface area contributed by atoms with Gasteiger partial charge in [-0.2, -0.15) is 0 Å². The third kappa shape index (κ3) is 13.2. The van der Waals surface area contributed by atoms with Gasteiger partial charge in [0.25, 0.3) is 0 Å². The van der Waals surface area contributed by atoms with Gasteiger partial charge in [-0.3, -0.25) is 0 Å². The van der Waals surface area contributed by atoms with Gasteiger partial charge >= 0.3 is 0 Å². The highest BCUT2D eigenvalue weighted by molar-refractivity contribution is 5.27. The minimum Gasteiger partial charge on any atom is -0.0991 e. The molecule has 0 N–H and O–H groups in total. The molecule has 0 saturated heterocycles. The molecule has 0 heterocycles. The van der Waals surface area contributed by atoms with Crippen molar-refractivity contribution in [1.29, 1.82) is 0 Å². The Hall–Kier alpha value is -0.780. The molecule has 0 aromatic rings. The summed E-state index contributed by atoms with van der Waals surface area (Å²) in [5.41, 5.74) is 1.55. The van der Waals surface area contributed by atoms with E-state index < -0.39 is 0 Å². The lowest BCUT2D eigenvalue weighted by atomic mass is 9.86. The Morgan fingerprint density at radius 1 is 1.06 bits per heavy atom. The molecular weight excluding hydrogens is 192 g/mol. The van der Waals surface area contributed by atoms with Crippen LogP contribution in [0, 0.1) is 5.41 Å². The molecule has 0 nitrogen and oxygen atoms in total. The van der Waals surface area contributed by atoms with Crippen LogP contribution < -0.4 is 0 Å². The third-order valence-electron chi connectivity index (χ3n) is 1.70. The second kappa shape index (κ2) is 14.2. The molecule has 0 aliphatic carbocycles. The molecular formula is C16H32. The van der Waals surface area contributed by atoms with Crippen molar-refractivity contribution in [3.63, 3.8) is 0 Å². The van der Waals surface area contributed by atoms with Gasteiger partial charge in [0.1, 0.15) is 0 Å². The summed E-state index contributed by atoms with van der Waals surface area (Å²) in [5, 5.41) is 0. The Kier molecular flexibility index (Phi) is 18.3. The first-order valence-corrected chi connectivity index (χ1v) is 6.52. The maximum Gasteiger partial charge on any atom is -0.0132 e. The van der Waals surface area contributed by atoms with Crippen molar-refractivity contribution in [2.24, 2.45) is 5.41 Å². The molecule has 0 atom stereocenters. The van der Waals surface area contributed by atoms with E-state index in [2.05, 4.69) is 52.5 Å². The summed E-state index contributed by atoms with van der Waals surface area (Å²) < 4.78 is 0. The molecule has 16 heavy (non-hydrogen) atoms. The normalized spacial score (nSPS) is 11.1. The zero-order valence-corrected chi connectivity index (χ0v) is 12.7. The molecule has 0 bridgehead atoms. The van der Waals surface area contributed by atoms with Crippen LogP contribution in [-0.4, -0.2) is 0 Å². The van der Waals surface area contributed by atoms with E-state index in [-0.39, 0.29) is 5.41 Å². The van der Waals surface area contributed by atoms with Crippen LogP contribution in [-0.2, 0) is 0 Å². The van der Waals surface area contributed by atoms with Gasteiger partial charge in [0.05, 0.1) is 0 Å². The Bertz CT molecular complexity index is 187. The van der Waals surface area contributed by atoms with Crippen LogP contribution >= 0.6 is 0 Å². The summed E-state index contributed by atoms with van der Waals surface area (Å²) in [6.07, 6.45) is 9.37. The average Bonchev–Trinajstić information content (AvgIpc) is 2.28. The number of hydrogen-bond donors (Lipinski definition) is 0. The van der Waals surface area contributed by atoms with Crippen molar-refractivity contribution in [3.8, 4) is 0 Å². The predicted octanol–water partition coefficient (Wildman–Crippen LogP) is 6.16. The van der Waals surface area contributed by atoms with Crippen molar-refractivity contribution >= 4 is 0 Å². The Labute approximate surface area is 104 Å². The van der Waals surface area contributed by atoms with Gasteiger partial charge < -0.3 is 0 Å². The first-order chi connectivity index (χ1) is 7.52. The van der Waals surface area contributed by atoms with Crippen molar-refractivity contribution in [3.05, 3.63) is 36.5 Å². The molecule has 0 aliphatic rings. The van der Waals surface area contributed by atoms with Gasteiger partial charge in [-0.1, -0.05) is 86.3 Å². The summed E-state index contributed by atoms with van der Waals surface area (Å²) in [6, 6.07) is 0. The van der Waals surface area contributed by atoms with E-state index in [0.29, 0.717) is 0 Å². The molecule has 0 aromatic heterocycles. The summed E-state index contributed by atoms with van der Waals surface area (Å²) in [7, 11) is 0. The van der Waals surface area contributed by atoms with E-state index in [1.54, 1.807) is 0 Å². The maximum absolute atomic E-state index is 3.71. The largest absolute Gasteiger partial charge is 0.0991 e. The Morgan fingerprint density at radius 2 is 1.50 bits per heavy atom. The molecule has 0 fully saturated rings. The second-order valence-electron chi connectivity index (χ2n) is 3.92. The monoisotopic (exact) mass is 224 g/mol. The second-order valence-corrected chi connectivity index (χ2v) is 3.92. The van der Waals surface area contributed by atoms with Gasteiger partial charge in [0.2, 0.25) is 0 Å². The molecule has 0 unspecified atom stereocenters. The van der Waals surface area contributed by atoms with Gasteiger partial charge in [0, 0.05) is 0 Å². The lowest BCUT2D eigenvalue weighted by Crippen LogP contribution is -2.07. The fourth-order valence-corrected chi connectivity index (χ4v) is 0.927. The van der Waals surface area contributed by atoms with Crippen molar-refractivity contribution in [1.82, 2.24) is 0 Å². The van der Waals surface area contributed by atoms with Crippen LogP contribution in [0.1, 0.15) is 61.8 Å². The summed E-state index contributed by atoms with van der Waals surface area (Å²) >= 11 is 0. The quantitative estimate of drug-likeness (QED) is 0.503. The van der Waals surface area contributed by atoms with Gasteiger partial charge in [-0.15, -0.1) is 0 Å². The Morgan fingerprint density at radius 3 is 1.75 bits per heavy atom. The molecule has 0 aromatic carbocycles. The van der Waals surface area contributed by atoms with E-state index in [1.807, 2.05) is 33.8 Å². The average molecular weight is 224 g/mol. The molecule has 0 saturated carbocycles. The molecule has 0 amide bonds. The van der Waals surface area contributed by atoms with Crippen LogP contribution in [0.3, 0.4) is 0 Å². The molecule has 0 aliphatic heterocycles. The molecule has 0 rings (SSSR count). The first-order valence-electron chi connectivity index (χ1n) is 6.52. The smallest absolute Gasteiger partial charge is 0.0132 e. The number of allylic oxidation sites excluding steroid dienone is 5. The van der Waals surface area contributed by atoms with Gasteiger partial charge in [-0.05, 0) is 17.4 Å². The van der Waals surface area contributed by atoms with E-state index in [9.17, 15) is 0 Å². The lowest BCUT2D eigenvalue weighted by molar-refractivity contribution is 0.517. The van der Waals surface area contributed by atoms with Crippen LogP contribution in [0.5, 0.6) is 0 Å². The van der Waals surface area contributed by atoms with Crippen LogP contribution in [0.25, 0.3) is 0 Å². The van der Waals surface area contributed by atoms with Gasteiger partial charge in [-0.25, -0.2) is 0 Å². The third-order valence-corrected chi connectivity index (χ3v) is 1.70. The van der Waals surface area contributed by atoms with E-state index >= 15 is 0 Å². The predicted molar refractivity (Wildman–Crippen MR) is 79.9 cm³/mol. The number of rotatable bonds is 3. The first kappa shape index (κ1) is 20.6. The maximum atomic E-state index is 3.71. The highest BCUT2D eigenvalue weighted by Gasteiger charge is 2.12. The van der Waals surface area contributed by atoms with Crippen molar-refractivity contribution in [2.75, 3.05) is 0 Å². The standard InChI is InChI=1S/C12H20.2C2H6/c1-6-8-10-11(9-7-2)12(3,4)5;2*1-2/h7-10H,2,6H2,1,3-5H3;2*1-2H3/b10-8+,11-9+;;. The molecule has 0 spiro atoms. The topological polar surface area (TPSA) is 0 Å². The lowest BCUT2D eigenvalue weighted by Gasteiger charge is -2.19. The zero-order chi connectivity index (χ0) is 13.6. The summed E-state index contributed by atoms with van der Waals surface area (Å²) in [4.78, 5) is 0. The van der Waals surface area contributed by atoms with Crippen LogP contribution in [0.2, 0.25) is 0 Å². The van der Waals surface area contributed by atoms with Gasteiger partial charge in [0.15, 0.2) is 0 Å². The summed E-state index contributed by atoms with van der Waals surface area (Å²) in [5.74, 6) is 0. The van der Waals surface area contributed by atoms with Crippen molar-refractivity contribution < 1.29 is 0 Å². The minimum absolute atomic E-state index is 0.222. The SMILES string of the molecule is C=C/C=C(\C=C\CC)C(C)(C)C.CC.CC. The van der Waals surface area contributed by atoms with Crippen LogP contribution in [0.4, 0.5) is 0 Å². The van der Waals surface area contributed by atoms with E-state index in [0.717, 1.165) is 6.42 Å². The molecule has 0 heteroatoms. The molecule has 0 radical (unpaired) electrons. The minimum atomic E-state index is 0.222. The highest BCUT2D eigenvalue weighted by Crippen LogP contribution is 2.26. The van der Waals surface area contributed by atoms with Crippen molar-refractivity contribution in [2.45, 2.75) is 61.8 Å². The highest BCUT2D eigenvalue weighted by atomic mass is 14.2. The molecule has 96 valence electrons. The zero-order valence-electron chi connectivity index (χ0n) is 12.7. The van der Waals surface area contributed by atoms with E-state index in [4.69, 9.17) is 0 Å². The fraction of sp³-hybridized carbons (Fsp3) is 0.625.